The van der Waals surface area contributed by atoms with Crippen LogP contribution in [-0.2, 0) is 4.79 Å². The Morgan fingerprint density at radius 1 is 1.29 bits per heavy atom. The van der Waals surface area contributed by atoms with Gasteiger partial charge >= 0.3 is 0 Å². The second-order valence-electron chi connectivity index (χ2n) is 4.73. The van der Waals surface area contributed by atoms with Gasteiger partial charge in [-0.25, -0.2) is 0 Å². The molecule has 1 atom stereocenters. The Morgan fingerprint density at radius 2 is 1.86 bits per heavy atom. The first kappa shape index (κ1) is 11.8. The maximum atomic E-state index is 12.1. The van der Waals surface area contributed by atoms with Gasteiger partial charge in [-0.3, -0.25) is 4.79 Å². The molecule has 80 valence electrons. The van der Waals surface area contributed by atoms with E-state index in [1.807, 2.05) is 13.8 Å². The number of carbonyl (C=O) groups is 1. The van der Waals surface area contributed by atoms with Crippen molar-refractivity contribution in [2.75, 3.05) is 0 Å². The van der Waals surface area contributed by atoms with Crippen molar-refractivity contribution >= 4 is 17.4 Å². The van der Waals surface area contributed by atoms with Gasteiger partial charge in [0, 0.05) is 16.5 Å². The summed E-state index contributed by atoms with van der Waals surface area (Å²) in [5, 5.41) is 0.793. The van der Waals surface area contributed by atoms with Gasteiger partial charge in [-0.05, 0) is 24.7 Å². The van der Waals surface area contributed by atoms with Gasteiger partial charge in [0.05, 0.1) is 0 Å². The molecule has 0 amide bonds. The van der Waals surface area contributed by atoms with E-state index < -0.39 is 0 Å². The molecule has 1 aliphatic rings. The van der Waals surface area contributed by atoms with Crippen LogP contribution in [0, 0.1) is 17.8 Å². The van der Waals surface area contributed by atoms with E-state index in [9.17, 15) is 4.79 Å². The quantitative estimate of drug-likeness (QED) is 0.684. The largest absolute Gasteiger partial charge is 0.294 e. The van der Waals surface area contributed by atoms with E-state index in [2.05, 4.69) is 13.8 Å². The van der Waals surface area contributed by atoms with Gasteiger partial charge < -0.3 is 0 Å². The van der Waals surface area contributed by atoms with Crippen LogP contribution in [0.1, 0.15) is 40.5 Å². The van der Waals surface area contributed by atoms with Crippen LogP contribution in [-0.4, -0.2) is 5.78 Å². The predicted octanol–water partition coefficient (Wildman–Crippen LogP) is 3.77. The van der Waals surface area contributed by atoms with Gasteiger partial charge in [0.2, 0.25) is 0 Å². The van der Waals surface area contributed by atoms with Gasteiger partial charge in [-0.15, -0.1) is 0 Å². The molecule has 0 heterocycles. The summed E-state index contributed by atoms with van der Waals surface area (Å²) in [6.07, 6.45) is 1.80. The van der Waals surface area contributed by atoms with Crippen LogP contribution >= 0.6 is 11.6 Å². The summed E-state index contributed by atoms with van der Waals surface area (Å²) in [5.41, 5.74) is 0.872. The average molecular weight is 215 g/mol. The third kappa shape index (κ3) is 2.20. The molecule has 0 saturated heterocycles. The van der Waals surface area contributed by atoms with Gasteiger partial charge in [0.15, 0.2) is 5.78 Å². The lowest BCUT2D eigenvalue weighted by Crippen LogP contribution is -2.28. The third-order valence-corrected chi connectivity index (χ3v) is 3.34. The SMILES string of the molecule is CC(C)C1=C(Cl)CCC(C(C)C)C1=O. The van der Waals surface area contributed by atoms with Crippen LogP contribution in [0.4, 0.5) is 0 Å². The Hall–Kier alpha value is -0.300. The van der Waals surface area contributed by atoms with Gasteiger partial charge in [-0.2, -0.15) is 0 Å². The Bertz CT molecular complexity index is 263. The molecule has 0 aromatic carbocycles. The molecule has 0 fully saturated rings. The fourth-order valence-corrected chi connectivity index (χ4v) is 2.54. The van der Waals surface area contributed by atoms with Crippen molar-refractivity contribution in [3.8, 4) is 0 Å². The molecule has 2 heteroatoms. The Kier molecular flexibility index (Phi) is 3.77. The second kappa shape index (κ2) is 4.48. The summed E-state index contributed by atoms with van der Waals surface area (Å²) in [7, 11) is 0. The molecular formula is C12H19ClO. The fraction of sp³-hybridized carbons (Fsp3) is 0.750. The zero-order valence-electron chi connectivity index (χ0n) is 9.43. The monoisotopic (exact) mass is 214 g/mol. The molecule has 1 unspecified atom stereocenters. The molecule has 0 aliphatic heterocycles. The zero-order chi connectivity index (χ0) is 10.9. The van der Waals surface area contributed by atoms with Crippen molar-refractivity contribution < 1.29 is 4.79 Å². The smallest absolute Gasteiger partial charge is 0.163 e. The highest BCUT2D eigenvalue weighted by Gasteiger charge is 2.32. The van der Waals surface area contributed by atoms with Gasteiger partial charge in [0.25, 0.3) is 0 Å². The highest BCUT2D eigenvalue weighted by atomic mass is 35.5. The maximum Gasteiger partial charge on any atom is 0.163 e. The molecular weight excluding hydrogens is 196 g/mol. The standard InChI is InChI=1S/C12H19ClO/c1-7(2)9-5-6-10(13)11(8(3)4)12(9)14/h7-9H,5-6H2,1-4H3. The lowest BCUT2D eigenvalue weighted by atomic mass is 9.77. The molecule has 0 radical (unpaired) electrons. The molecule has 0 bridgehead atoms. The molecule has 1 nitrogen and oxygen atoms in total. The van der Waals surface area contributed by atoms with Gasteiger partial charge in [0.1, 0.15) is 0 Å². The predicted molar refractivity (Wildman–Crippen MR) is 60.3 cm³/mol. The van der Waals surface area contributed by atoms with E-state index in [-0.39, 0.29) is 17.6 Å². The van der Waals surface area contributed by atoms with Crippen molar-refractivity contribution in [3.63, 3.8) is 0 Å². The van der Waals surface area contributed by atoms with Crippen molar-refractivity contribution in [3.05, 3.63) is 10.6 Å². The number of hydrogen-bond acceptors (Lipinski definition) is 1. The first-order chi connectivity index (χ1) is 6.45. The summed E-state index contributed by atoms with van der Waals surface area (Å²) >= 11 is 6.10. The lowest BCUT2D eigenvalue weighted by Gasteiger charge is -2.28. The number of halogens is 1. The van der Waals surface area contributed by atoms with Crippen molar-refractivity contribution in [1.29, 1.82) is 0 Å². The molecule has 0 spiro atoms. The van der Waals surface area contributed by atoms with E-state index in [1.165, 1.54) is 0 Å². The molecule has 1 aliphatic carbocycles. The topological polar surface area (TPSA) is 17.1 Å². The van der Waals surface area contributed by atoms with Crippen molar-refractivity contribution in [1.82, 2.24) is 0 Å². The second-order valence-corrected chi connectivity index (χ2v) is 5.18. The van der Waals surface area contributed by atoms with E-state index in [4.69, 9.17) is 11.6 Å². The Morgan fingerprint density at radius 3 is 2.29 bits per heavy atom. The number of allylic oxidation sites excluding steroid dienone is 2. The zero-order valence-corrected chi connectivity index (χ0v) is 10.2. The third-order valence-electron chi connectivity index (χ3n) is 2.95. The maximum absolute atomic E-state index is 12.1. The molecule has 0 aromatic rings. The minimum atomic E-state index is 0.190. The first-order valence-corrected chi connectivity index (χ1v) is 5.75. The van der Waals surface area contributed by atoms with Crippen LogP contribution < -0.4 is 0 Å². The summed E-state index contributed by atoms with van der Waals surface area (Å²) in [6, 6.07) is 0. The van der Waals surface area contributed by atoms with Crippen LogP contribution in [0.3, 0.4) is 0 Å². The number of rotatable bonds is 2. The molecule has 0 N–H and O–H groups in total. The molecule has 1 rings (SSSR count). The molecule has 14 heavy (non-hydrogen) atoms. The summed E-state index contributed by atoms with van der Waals surface area (Å²) in [5.74, 6) is 1.17. The number of Topliss-reactive ketones (excluding diaryl/α,β-unsaturated/α-hetero) is 1. The first-order valence-electron chi connectivity index (χ1n) is 5.37. The molecule has 0 saturated carbocycles. The lowest BCUT2D eigenvalue weighted by molar-refractivity contribution is -0.121. The minimum Gasteiger partial charge on any atom is -0.294 e. The number of ketones is 1. The van der Waals surface area contributed by atoms with Crippen LogP contribution in [0.15, 0.2) is 10.6 Å². The summed E-state index contributed by atoms with van der Waals surface area (Å²) < 4.78 is 0. The Labute approximate surface area is 91.5 Å². The number of carbonyl (C=O) groups excluding carboxylic acids is 1. The highest BCUT2D eigenvalue weighted by molar-refractivity contribution is 6.32. The highest BCUT2D eigenvalue weighted by Crippen LogP contribution is 2.35. The van der Waals surface area contributed by atoms with E-state index in [1.54, 1.807) is 0 Å². The van der Waals surface area contributed by atoms with E-state index in [0.29, 0.717) is 5.92 Å². The van der Waals surface area contributed by atoms with Crippen LogP contribution in [0.25, 0.3) is 0 Å². The Balaban J connectivity index is 2.96. The van der Waals surface area contributed by atoms with Crippen molar-refractivity contribution in [2.45, 2.75) is 40.5 Å². The summed E-state index contributed by atoms with van der Waals surface area (Å²) in [4.78, 5) is 12.1. The molecule has 0 aromatic heterocycles. The van der Waals surface area contributed by atoms with Crippen molar-refractivity contribution in [2.24, 2.45) is 17.8 Å². The minimum absolute atomic E-state index is 0.190. The number of hydrogen-bond donors (Lipinski definition) is 0. The fourth-order valence-electron chi connectivity index (χ4n) is 2.12. The van der Waals surface area contributed by atoms with E-state index in [0.717, 1.165) is 23.4 Å². The normalized spacial score (nSPS) is 23.9. The summed E-state index contributed by atoms with van der Waals surface area (Å²) in [6.45, 7) is 8.30. The van der Waals surface area contributed by atoms with Crippen LogP contribution in [0.5, 0.6) is 0 Å². The van der Waals surface area contributed by atoms with Crippen LogP contribution in [0.2, 0.25) is 0 Å². The van der Waals surface area contributed by atoms with Gasteiger partial charge in [-0.1, -0.05) is 39.3 Å². The van der Waals surface area contributed by atoms with E-state index >= 15 is 0 Å². The average Bonchev–Trinajstić information content (AvgIpc) is 2.02.